The maximum Gasteiger partial charge on any atom is 0.344 e. The molecule has 0 saturated heterocycles. The minimum Gasteiger partial charge on any atom is -0.506 e. The smallest absolute Gasteiger partial charge is 0.344 e. The zero-order chi connectivity index (χ0) is 27.9. The summed E-state index contributed by atoms with van der Waals surface area (Å²) in [5, 5.41) is 20.5. The van der Waals surface area contributed by atoms with Crippen molar-refractivity contribution >= 4 is 46.4 Å². The Labute approximate surface area is 235 Å². The molecule has 0 aliphatic carbocycles. The van der Waals surface area contributed by atoms with Crippen LogP contribution in [0.2, 0.25) is 5.02 Å². The third-order valence-corrected chi connectivity index (χ3v) is 7.04. The van der Waals surface area contributed by atoms with Crippen LogP contribution in [0.25, 0.3) is 6.08 Å². The highest BCUT2D eigenvalue weighted by molar-refractivity contribution is 8.18. The average molecular weight is 559 g/mol. The number of halogens is 1. The van der Waals surface area contributed by atoms with Crippen LogP contribution in [0.3, 0.4) is 0 Å². The first-order chi connectivity index (χ1) is 18.8. The second-order valence-corrected chi connectivity index (χ2v) is 9.78. The van der Waals surface area contributed by atoms with E-state index in [-0.39, 0.29) is 29.6 Å². The van der Waals surface area contributed by atoms with Gasteiger partial charge < -0.3 is 14.6 Å². The Bertz CT molecular complexity index is 1590. The highest BCUT2D eigenvalue weighted by atomic mass is 35.5. The molecule has 0 fully saturated rings. The molecule has 0 atom stereocenters. The topological polar surface area (TPSA) is 109 Å². The molecule has 9 heteroatoms. The summed E-state index contributed by atoms with van der Waals surface area (Å²) in [5.74, 6) is -1.22. The van der Waals surface area contributed by atoms with Gasteiger partial charge >= 0.3 is 5.97 Å². The van der Waals surface area contributed by atoms with Gasteiger partial charge in [0.15, 0.2) is 0 Å². The first kappa shape index (κ1) is 27.7. The van der Waals surface area contributed by atoms with Gasteiger partial charge in [0, 0.05) is 11.1 Å². The van der Waals surface area contributed by atoms with Crippen LogP contribution in [0.15, 0.2) is 88.0 Å². The van der Waals surface area contributed by atoms with Crippen molar-refractivity contribution in [2.75, 3.05) is 6.61 Å². The number of benzene rings is 3. The Kier molecular flexibility index (Phi) is 8.87. The van der Waals surface area contributed by atoms with Gasteiger partial charge in [-0.1, -0.05) is 65.8 Å². The lowest BCUT2D eigenvalue weighted by Crippen LogP contribution is -2.14. The van der Waals surface area contributed by atoms with Crippen LogP contribution in [-0.2, 0) is 16.1 Å². The number of carbonyl (C=O) groups is 2. The van der Waals surface area contributed by atoms with E-state index in [9.17, 15) is 20.0 Å². The normalized spacial score (nSPS) is 14.9. The van der Waals surface area contributed by atoms with Crippen LogP contribution >= 0.6 is 23.4 Å². The minimum atomic E-state index is -0.776. The molecule has 0 unspecified atom stereocenters. The van der Waals surface area contributed by atoms with Crippen molar-refractivity contribution in [3.8, 4) is 11.8 Å². The number of ether oxygens (including phenoxy) is 2. The number of aliphatic imine (C=N–C) groups is 1. The van der Waals surface area contributed by atoms with Crippen LogP contribution in [-0.4, -0.2) is 28.6 Å². The van der Waals surface area contributed by atoms with E-state index < -0.39 is 11.9 Å². The highest BCUT2D eigenvalue weighted by Crippen LogP contribution is 2.40. The van der Waals surface area contributed by atoms with Gasteiger partial charge in [0.2, 0.25) is 0 Å². The Hall–Kier alpha value is -4.32. The second kappa shape index (κ2) is 12.5. The largest absolute Gasteiger partial charge is 0.506 e. The Morgan fingerprint density at radius 1 is 1.13 bits per heavy atom. The van der Waals surface area contributed by atoms with Gasteiger partial charge in [-0.3, -0.25) is 4.79 Å². The maximum absolute atomic E-state index is 12.9. The number of aryl methyl sites for hydroxylation is 1. The van der Waals surface area contributed by atoms with Crippen molar-refractivity contribution in [2.24, 2.45) is 4.99 Å². The standard InChI is InChI=1S/C30H23ClN2O5S/c1-3-37-30(36)26-27(34)25(39-29(26)33-28(35)22-11-7-4-8-18(22)2)15-19-12-13-24(23(31)14-19)38-17-21-10-6-5-9-20(21)16-32/h4-15,34H,3,17H2,1-2H3/b25-15-,33-29?. The van der Waals surface area contributed by atoms with Crippen molar-refractivity contribution in [2.45, 2.75) is 20.5 Å². The molecule has 0 saturated carbocycles. The fourth-order valence-electron chi connectivity index (χ4n) is 3.74. The van der Waals surface area contributed by atoms with Crippen molar-refractivity contribution in [3.05, 3.63) is 116 Å². The number of thioether (sulfide) groups is 1. The molecule has 39 heavy (non-hydrogen) atoms. The fraction of sp³-hybridized carbons (Fsp3) is 0.133. The molecule has 7 nitrogen and oxygen atoms in total. The second-order valence-electron chi connectivity index (χ2n) is 8.34. The molecule has 1 aliphatic heterocycles. The first-order valence-electron chi connectivity index (χ1n) is 11.9. The predicted molar refractivity (Wildman–Crippen MR) is 152 cm³/mol. The van der Waals surface area contributed by atoms with Crippen molar-refractivity contribution in [1.82, 2.24) is 0 Å². The minimum absolute atomic E-state index is 0.0488. The molecule has 0 spiro atoms. The SMILES string of the molecule is CCOC(=O)C1=C(O)/C(=C/c2ccc(OCc3ccccc3C#N)c(Cl)c2)SC1=NC(=O)c1ccccc1C. The van der Waals surface area contributed by atoms with Gasteiger partial charge in [0.05, 0.1) is 28.2 Å². The van der Waals surface area contributed by atoms with Gasteiger partial charge in [-0.2, -0.15) is 5.26 Å². The average Bonchev–Trinajstić information content (AvgIpc) is 3.22. The fourth-order valence-corrected chi connectivity index (χ4v) is 5.00. The van der Waals surface area contributed by atoms with Gasteiger partial charge in [0.25, 0.3) is 5.91 Å². The maximum atomic E-state index is 12.9. The quantitative estimate of drug-likeness (QED) is 0.317. The van der Waals surface area contributed by atoms with E-state index in [2.05, 4.69) is 11.1 Å². The van der Waals surface area contributed by atoms with E-state index in [1.165, 1.54) is 0 Å². The number of aliphatic hydroxyl groups is 1. The van der Waals surface area contributed by atoms with Gasteiger partial charge in [-0.05, 0) is 55.3 Å². The van der Waals surface area contributed by atoms with Gasteiger partial charge in [-0.25, -0.2) is 9.79 Å². The highest BCUT2D eigenvalue weighted by Gasteiger charge is 2.34. The summed E-state index contributed by atoms with van der Waals surface area (Å²) < 4.78 is 10.9. The lowest BCUT2D eigenvalue weighted by atomic mass is 10.1. The number of esters is 1. The Morgan fingerprint density at radius 2 is 1.87 bits per heavy atom. The van der Waals surface area contributed by atoms with Gasteiger partial charge in [-0.15, -0.1) is 0 Å². The molecule has 3 aromatic carbocycles. The molecule has 0 radical (unpaired) electrons. The molecule has 1 aliphatic rings. The Morgan fingerprint density at radius 3 is 2.59 bits per heavy atom. The lowest BCUT2D eigenvalue weighted by Gasteiger charge is -2.10. The summed E-state index contributed by atoms with van der Waals surface area (Å²) >= 11 is 7.44. The summed E-state index contributed by atoms with van der Waals surface area (Å²) in [4.78, 5) is 30.0. The third kappa shape index (κ3) is 6.40. The predicted octanol–water partition coefficient (Wildman–Crippen LogP) is 6.80. The summed E-state index contributed by atoms with van der Waals surface area (Å²) in [7, 11) is 0. The van der Waals surface area contributed by atoms with Crippen molar-refractivity contribution in [1.29, 1.82) is 5.26 Å². The number of hydrogen-bond donors (Lipinski definition) is 1. The summed E-state index contributed by atoms with van der Waals surface area (Å²) in [6.45, 7) is 3.70. The number of rotatable bonds is 7. The van der Waals surface area contributed by atoms with E-state index in [0.717, 1.165) is 22.9 Å². The van der Waals surface area contributed by atoms with Crippen molar-refractivity contribution in [3.63, 3.8) is 0 Å². The van der Waals surface area contributed by atoms with E-state index in [1.807, 2.05) is 18.2 Å². The van der Waals surface area contributed by atoms with Crippen LogP contribution in [0.5, 0.6) is 5.75 Å². The van der Waals surface area contributed by atoms with Crippen LogP contribution < -0.4 is 4.74 Å². The molecule has 4 rings (SSSR count). The molecule has 1 amide bonds. The summed E-state index contributed by atoms with van der Waals surface area (Å²) in [5.41, 5.74) is 2.84. The Balaban J connectivity index is 1.60. The van der Waals surface area contributed by atoms with E-state index in [0.29, 0.717) is 32.4 Å². The molecule has 3 aromatic rings. The number of nitrogens with zero attached hydrogens (tertiary/aromatic N) is 2. The van der Waals surface area contributed by atoms with Crippen LogP contribution in [0.1, 0.15) is 39.5 Å². The zero-order valence-electron chi connectivity index (χ0n) is 21.1. The zero-order valence-corrected chi connectivity index (χ0v) is 22.7. The molecular formula is C30H23ClN2O5S. The van der Waals surface area contributed by atoms with E-state index >= 15 is 0 Å². The van der Waals surface area contributed by atoms with Crippen LogP contribution in [0.4, 0.5) is 0 Å². The molecule has 1 heterocycles. The van der Waals surface area contributed by atoms with Crippen molar-refractivity contribution < 1.29 is 24.2 Å². The van der Waals surface area contributed by atoms with Crippen LogP contribution in [0, 0.1) is 18.3 Å². The molecule has 1 N–H and O–H groups in total. The van der Waals surface area contributed by atoms with Gasteiger partial charge in [0.1, 0.15) is 28.7 Å². The summed E-state index contributed by atoms with van der Waals surface area (Å²) in [6.07, 6.45) is 1.63. The molecule has 0 bridgehead atoms. The number of amides is 1. The first-order valence-corrected chi connectivity index (χ1v) is 13.1. The number of carbonyl (C=O) groups excluding carboxylic acids is 2. The lowest BCUT2D eigenvalue weighted by molar-refractivity contribution is -0.138. The number of hydrogen-bond acceptors (Lipinski definition) is 7. The molecular weight excluding hydrogens is 536 g/mol. The molecule has 196 valence electrons. The summed E-state index contributed by atoms with van der Waals surface area (Å²) in [6, 6.07) is 21.3. The monoisotopic (exact) mass is 558 g/mol. The molecule has 0 aromatic heterocycles. The van der Waals surface area contributed by atoms with E-state index in [1.54, 1.807) is 68.5 Å². The third-order valence-electron chi connectivity index (χ3n) is 5.72. The number of nitriles is 1. The van der Waals surface area contributed by atoms with E-state index in [4.69, 9.17) is 21.1 Å². The number of aliphatic hydroxyl groups excluding tert-OH is 1.